The lowest BCUT2D eigenvalue weighted by Gasteiger charge is -2.37. The van der Waals surface area contributed by atoms with Crippen molar-refractivity contribution in [3.8, 4) is 33.6 Å². The van der Waals surface area contributed by atoms with Gasteiger partial charge in [0.15, 0.2) is 0 Å². The molecule has 31 heteroatoms. The van der Waals surface area contributed by atoms with E-state index in [-0.39, 0.29) is 90.0 Å². The first-order chi connectivity index (χ1) is 61.4. The number of aliphatic hydroxyl groups is 1. The molecule has 2 aromatic heterocycles. The van der Waals surface area contributed by atoms with Crippen molar-refractivity contribution in [2.24, 2.45) is 33.7 Å². The summed E-state index contributed by atoms with van der Waals surface area (Å²) in [5, 5.41) is 22.2. The Morgan fingerprint density at radius 3 is 1.25 bits per heavy atom. The fourth-order valence-electron chi connectivity index (χ4n) is 19.5. The fraction of sp³-hybridized carbons (Fsp3) is 0.464. The van der Waals surface area contributed by atoms with Crippen LogP contribution in [0, 0.1) is 23.7 Å². The molecule has 0 unspecified atom stereocenters. The lowest BCUT2D eigenvalue weighted by molar-refractivity contribution is -0.136. The Morgan fingerprint density at radius 1 is 0.469 bits per heavy atom. The molecule has 4 bridgehead atoms. The largest absolute Gasteiger partial charge is 0.494 e. The van der Waals surface area contributed by atoms with Crippen LogP contribution in [0.2, 0.25) is 0 Å². The van der Waals surface area contributed by atoms with Crippen LogP contribution in [0.4, 0.5) is 19.2 Å². The van der Waals surface area contributed by atoms with Crippen molar-refractivity contribution < 1.29 is 71.7 Å². The van der Waals surface area contributed by atoms with Crippen LogP contribution in [-0.4, -0.2) is 219 Å². The molecule has 17 rings (SSSR count). The van der Waals surface area contributed by atoms with Gasteiger partial charge in [-0.15, -0.1) is 0 Å². The predicted molar refractivity (Wildman–Crippen MR) is 496 cm³/mol. The maximum Gasteiger partial charge on any atom is 0.494 e. The topological polar surface area (TPSA) is 355 Å². The number of nitrogens with one attached hydrogen (secondary N) is 6. The van der Waals surface area contributed by atoms with Crippen LogP contribution in [0.5, 0.6) is 0 Å². The molecule has 8 aromatic rings. The molecule has 5 saturated heterocycles. The zero-order chi connectivity index (χ0) is 91.3. The summed E-state index contributed by atoms with van der Waals surface area (Å²) in [4.78, 5) is 134. The molecule has 676 valence electrons. The van der Waals surface area contributed by atoms with E-state index >= 15 is 0 Å². The normalized spacial score (nSPS) is 22.4. The first-order valence-electron chi connectivity index (χ1n) is 44.4. The zero-order valence-corrected chi connectivity index (χ0v) is 77.1. The number of imidazole rings is 2. The number of methoxy groups -OCH3 is 4. The summed E-state index contributed by atoms with van der Waals surface area (Å²) >= 11 is 3.44. The van der Waals surface area contributed by atoms with Gasteiger partial charge in [0.1, 0.15) is 35.8 Å². The van der Waals surface area contributed by atoms with E-state index in [1.807, 2.05) is 90.2 Å². The quantitative estimate of drug-likeness (QED) is 0.0275. The molecule has 8 amide bonds. The summed E-state index contributed by atoms with van der Waals surface area (Å²) in [6, 6.07) is 39.6. The Balaban J connectivity index is 0.000000164. The van der Waals surface area contributed by atoms with Gasteiger partial charge in [-0.05, 0) is 231 Å². The van der Waals surface area contributed by atoms with Gasteiger partial charge in [0.05, 0.1) is 87.6 Å². The van der Waals surface area contributed by atoms with E-state index < -0.39 is 48.5 Å². The van der Waals surface area contributed by atoms with Gasteiger partial charge in [-0.2, -0.15) is 0 Å². The first kappa shape index (κ1) is 92.6. The van der Waals surface area contributed by atoms with Gasteiger partial charge in [-0.3, -0.25) is 29.2 Å². The average Bonchev–Trinajstić information content (AvgIpc) is 1.60. The van der Waals surface area contributed by atoms with E-state index in [0.29, 0.717) is 37.8 Å². The number of carbonyl (C=O) groups excluding carboxylic acids is 8. The molecule has 0 spiro atoms. The number of halogens is 1. The van der Waals surface area contributed by atoms with Gasteiger partial charge >= 0.3 is 31.5 Å². The fourth-order valence-corrected chi connectivity index (χ4v) is 19.8. The number of rotatable bonds is 20. The molecular formula is C97H118BBrN14O15. The highest BCUT2D eigenvalue weighted by atomic mass is 79.9. The number of aromatic nitrogens is 4. The SMILES string of the molecule is CO.COC(=O)N[C@@H](C)C(=O)N1[C@@H]2CC[C@@H](C2)[C@H]1C1=NC=C(c2ccc3cc(-c4ccc(-c5cnc([C@@H]6CCCN6C(=O)[C@@H](NC(=O)OC)C(C)C)[nH]5)cc4)ccc3c2)C1.COC(=O)N[C@@H](C)C(=O)N1[C@@H]2CC[C@@H](C2)[C@H]1C1=NC=C(c2ccc3cc(B4OC(C)(C)C(C)(C)O4)ccc3c2)C1.COC(=O)N[C@H](C(=O)N1CCC[C@H]1c1ncc(-c2ccc(Br)cc2)[nH]1)C(C)C. The molecule has 29 nitrogen and oxygen atoms in total. The average molecular weight is 1810 g/mol. The maximum atomic E-state index is 13.6. The lowest BCUT2D eigenvalue weighted by atomic mass is 9.78. The molecule has 7 fully saturated rings. The van der Waals surface area contributed by atoms with E-state index in [2.05, 4.69) is 182 Å². The maximum absolute atomic E-state index is 13.6. The third-order valence-corrected chi connectivity index (χ3v) is 27.5. The molecule has 12 atom stereocenters. The van der Waals surface area contributed by atoms with Crippen molar-refractivity contribution >= 4 is 121 Å². The summed E-state index contributed by atoms with van der Waals surface area (Å²) in [7, 11) is 5.80. The number of amides is 8. The molecule has 2 aliphatic carbocycles. The van der Waals surface area contributed by atoms with Gasteiger partial charge in [0.2, 0.25) is 23.6 Å². The second-order valence-electron chi connectivity index (χ2n) is 36.2. The number of alkyl carbamates (subject to hydrolysis) is 4. The van der Waals surface area contributed by atoms with Crippen LogP contribution in [0.3, 0.4) is 0 Å². The van der Waals surface area contributed by atoms with Crippen molar-refractivity contribution in [2.75, 3.05) is 48.6 Å². The van der Waals surface area contributed by atoms with E-state index in [0.717, 1.165) is 182 Å². The first-order valence-corrected chi connectivity index (χ1v) is 45.2. The number of H-pyrrole nitrogens is 2. The van der Waals surface area contributed by atoms with Gasteiger partial charge in [0, 0.05) is 73.4 Å². The third kappa shape index (κ3) is 19.7. The number of allylic oxidation sites excluding steroid dienone is 2. The van der Waals surface area contributed by atoms with Gasteiger partial charge < -0.3 is 84.2 Å². The van der Waals surface area contributed by atoms with Crippen molar-refractivity contribution in [1.82, 2.24) is 60.8 Å². The van der Waals surface area contributed by atoms with Crippen LogP contribution >= 0.6 is 15.9 Å². The van der Waals surface area contributed by atoms with E-state index in [1.165, 1.54) is 28.4 Å². The van der Waals surface area contributed by atoms with Gasteiger partial charge in [-0.25, -0.2) is 29.1 Å². The van der Waals surface area contributed by atoms with Crippen LogP contribution < -0.4 is 26.7 Å². The summed E-state index contributed by atoms with van der Waals surface area (Å²) in [5.41, 5.74) is 12.9. The van der Waals surface area contributed by atoms with Crippen LogP contribution in [0.1, 0.15) is 181 Å². The molecule has 7 N–H and O–H groups in total. The number of ether oxygens (including phenoxy) is 4. The Kier molecular flexibility index (Phi) is 28.7. The lowest BCUT2D eigenvalue weighted by Crippen LogP contribution is -2.55. The summed E-state index contributed by atoms with van der Waals surface area (Å²) in [6.07, 6.45) is 16.0. The van der Waals surface area contributed by atoms with Crippen molar-refractivity contribution in [1.29, 1.82) is 0 Å². The van der Waals surface area contributed by atoms with E-state index in [9.17, 15) is 38.4 Å². The zero-order valence-electron chi connectivity index (χ0n) is 75.5. The third-order valence-electron chi connectivity index (χ3n) is 27.0. The minimum Gasteiger partial charge on any atom is -0.453 e. The van der Waals surface area contributed by atoms with Crippen LogP contribution in [0.25, 0.3) is 66.3 Å². The van der Waals surface area contributed by atoms with Gasteiger partial charge in [0.25, 0.3) is 0 Å². The molecule has 7 aliphatic heterocycles. The van der Waals surface area contributed by atoms with Gasteiger partial charge in [-0.1, -0.05) is 135 Å². The predicted octanol–water partition coefficient (Wildman–Crippen LogP) is 15.2. The number of aromatic amines is 2. The van der Waals surface area contributed by atoms with Crippen molar-refractivity contribution in [3.63, 3.8) is 0 Å². The number of aliphatic imine (C=N–C) groups is 2. The number of hydrogen-bond donors (Lipinski definition) is 7. The molecule has 128 heavy (non-hydrogen) atoms. The summed E-state index contributed by atoms with van der Waals surface area (Å²) < 4.78 is 32.4. The number of aliphatic hydroxyl groups excluding tert-OH is 1. The monoisotopic (exact) mass is 1810 g/mol. The second kappa shape index (κ2) is 39.6. The minimum absolute atomic E-state index is 0.0233. The highest BCUT2D eigenvalue weighted by molar-refractivity contribution is 9.10. The van der Waals surface area contributed by atoms with Crippen molar-refractivity contribution in [2.45, 2.75) is 218 Å². The molecule has 6 aromatic carbocycles. The van der Waals surface area contributed by atoms with Crippen LogP contribution in [-0.2, 0) is 47.4 Å². The molecule has 2 saturated carbocycles. The minimum atomic E-state index is -0.683. The number of fused-ring (bicyclic) bond motifs is 6. The number of benzene rings is 6. The molecule has 0 radical (unpaired) electrons. The highest BCUT2D eigenvalue weighted by Gasteiger charge is 2.55. The van der Waals surface area contributed by atoms with Crippen molar-refractivity contribution in [3.05, 3.63) is 173 Å². The number of piperidine rings is 2. The number of carbonyl (C=O) groups is 8. The number of hydrogen-bond acceptors (Lipinski definition) is 19. The summed E-state index contributed by atoms with van der Waals surface area (Å²) in [5.74, 6) is 1.75. The van der Waals surface area contributed by atoms with Crippen LogP contribution in [0.15, 0.2) is 161 Å². The Labute approximate surface area is 756 Å². The standard InChI is InChI=1S/C45H51N7O6.C31H38BN3O5.C20H25BrN4O3.CH4O/c1-25(2)39(50-45(56)58-5)43(54)51-18-6-7-38(51)41-47-24-37(49-41)28-10-8-27(9-11-28)29-12-13-31-20-32(15-14-30(31)19-29)34-22-36(46-23-34)40-33-16-17-35(21-33)52(40)42(53)26(3)48-44(55)57-4;1-18(34-29(37)38-6)28(36)35-25-12-10-22(15-25)27(35)26-16-23(17-33-26)20-7-8-21-14-24(11-9-19(21)13-20)32-39-30(2,3)31(4,5)40-32;1-12(2)17(24-20(27)28-3)19(26)25-10-4-5-16(25)18-22-11-15(23-18)13-6-8-14(21)9-7-13;1-2/h8-15,19-20,23-26,33,35,38-40H,6-7,16-18,21-22H2,1-5H3,(H,47,49)(H,48,55)(H,50,56);7-9,11,13-14,17-18,22,25,27H,10,12,15-16H2,1-6H3,(H,34,37);6-9,11-12,16-17H,4-5,10H2,1-3H3,(H,22,23)(H,24,27);2H,1H3/t26-,33-,35+,38-,39-,40-;18-,22-,25+,27-;16-,17-;/m000./s1. The Bertz CT molecular complexity index is 5580. The van der Waals surface area contributed by atoms with E-state index in [4.69, 9.17) is 43.6 Å². The number of likely N-dealkylation sites (tertiary alicyclic amines) is 4. The second-order valence-corrected chi connectivity index (χ2v) is 37.1. The molecular weight excluding hydrogens is 1690 g/mol. The van der Waals surface area contributed by atoms with E-state index in [1.54, 1.807) is 20.0 Å². The molecule has 9 aliphatic rings. The Hall–Kier alpha value is -11.5. The number of nitrogens with zero attached hydrogens (tertiary/aromatic N) is 8. The highest BCUT2D eigenvalue weighted by Crippen LogP contribution is 2.48. The summed E-state index contributed by atoms with van der Waals surface area (Å²) in [6.45, 7) is 20.6. The molecule has 9 heterocycles. The Morgan fingerprint density at radius 2 is 0.836 bits per heavy atom. The smallest absolute Gasteiger partial charge is 0.453 e.